The highest BCUT2D eigenvalue weighted by Crippen LogP contribution is 2.14. The van der Waals surface area contributed by atoms with Crippen molar-refractivity contribution in [2.75, 3.05) is 17.2 Å². The molecule has 4 N–H and O–H groups in total. The van der Waals surface area contributed by atoms with Gasteiger partial charge in [-0.25, -0.2) is 4.98 Å². The van der Waals surface area contributed by atoms with Gasteiger partial charge in [0.15, 0.2) is 5.82 Å². The Kier molecular flexibility index (Phi) is 3.65. The van der Waals surface area contributed by atoms with Crippen molar-refractivity contribution >= 4 is 28.3 Å². The molecule has 0 unspecified atom stereocenters. The first-order valence-electron chi connectivity index (χ1n) is 6.84. The molecule has 0 atom stereocenters. The Hall–Kier alpha value is -3.03. The van der Waals surface area contributed by atoms with E-state index in [1.165, 1.54) is 0 Å². The number of hydrogen-bond acceptors (Lipinski definition) is 4. The van der Waals surface area contributed by atoms with Crippen molar-refractivity contribution in [1.29, 1.82) is 0 Å². The van der Waals surface area contributed by atoms with E-state index in [1.54, 1.807) is 23.2 Å². The van der Waals surface area contributed by atoms with Crippen LogP contribution in [0.15, 0.2) is 35.5 Å². The number of H-pyrrole nitrogens is 2. The number of aryl methyl sites for hydroxylation is 1. The Morgan fingerprint density at radius 1 is 1.36 bits per heavy atom. The minimum Gasteiger partial charge on any atom is -0.384 e. The number of hydrogen-bond donors (Lipinski definition) is 4. The van der Waals surface area contributed by atoms with Crippen molar-refractivity contribution in [3.63, 3.8) is 0 Å². The lowest BCUT2D eigenvalue weighted by molar-refractivity contribution is -0.116. The number of nitrogens with one attached hydrogen (secondary N) is 4. The molecule has 8 nitrogen and oxygen atoms in total. The Labute approximate surface area is 125 Å². The molecule has 0 fully saturated rings. The largest absolute Gasteiger partial charge is 0.384 e. The van der Waals surface area contributed by atoms with E-state index in [0.29, 0.717) is 24.2 Å². The molecule has 2 aromatic heterocycles. The molecular formula is C14H16N6O2. The summed E-state index contributed by atoms with van der Waals surface area (Å²) < 4.78 is 1.76. The molecule has 114 valence electrons. The van der Waals surface area contributed by atoms with Crippen molar-refractivity contribution in [3.05, 3.63) is 41.1 Å². The first kappa shape index (κ1) is 13.9. The number of imidazole rings is 1. The van der Waals surface area contributed by atoms with Crippen LogP contribution in [0.25, 0.3) is 10.9 Å². The maximum atomic E-state index is 11.8. The topological polar surface area (TPSA) is 108 Å². The predicted molar refractivity (Wildman–Crippen MR) is 83.9 cm³/mol. The fraction of sp³-hybridized carbons (Fsp3) is 0.214. The summed E-state index contributed by atoms with van der Waals surface area (Å²) in [5.74, 6) is 0.432. The number of amides is 1. The third kappa shape index (κ3) is 3.00. The van der Waals surface area contributed by atoms with Gasteiger partial charge in [-0.15, -0.1) is 0 Å². The van der Waals surface area contributed by atoms with Crippen LogP contribution >= 0.6 is 0 Å². The summed E-state index contributed by atoms with van der Waals surface area (Å²) in [5, 5.41) is 11.8. The van der Waals surface area contributed by atoms with E-state index in [4.69, 9.17) is 0 Å². The van der Waals surface area contributed by atoms with Crippen LogP contribution < -0.4 is 16.2 Å². The normalized spacial score (nSPS) is 10.8. The van der Waals surface area contributed by atoms with Gasteiger partial charge in [-0.3, -0.25) is 19.8 Å². The van der Waals surface area contributed by atoms with E-state index in [0.717, 1.165) is 11.2 Å². The molecule has 8 heteroatoms. The van der Waals surface area contributed by atoms with E-state index in [2.05, 4.69) is 25.8 Å². The van der Waals surface area contributed by atoms with E-state index < -0.39 is 0 Å². The SMILES string of the molecule is Cn1cnc(NC(=O)CCNc2ccc3c(=O)[nH][nH]c3c2)c1. The molecule has 0 bridgehead atoms. The Morgan fingerprint density at radius 3 is 3.00 bits per heavy atom. The number of carbonyl (C=O) groups is 1. The van der Waals surface area contributed by atoms with Crippen LogP contribution in [0.3, 0.4) is 0 Å². The predicted octanol–water partition coefficient (Wildman–Crippen LogP) is 1.03. The number of anilines is 2. The Balaban J connectivity index is 1.53. The molecule has 1 aromatic carbocycles. The summed E-state index contributed by atoms with van der Waals surface area (Å²) in [6, 6.07) is 5.37. The monoisotopic (exact) mass is 300 g/mol. The first-order valence-corrected chi connectivity index (χ1v) is 6.84. The van der Waals surface area contributed by atoms with Gasteiger partial charge in [0.05, 0.1) is 17.2 Å². The molecule has 3 aromatic rings. The van der Waals surface area contributed by atoms with Crippen LogP contribution in [0.5, 0.6) is 0 Å². The standard InChI is InChI=1S/C14H16N6O2/c1-20-7-12(16-8-20)17-13(21)4-5-15-9-2-3-10-11(6-9)18-19-14(10)22/h2-3,6-8,15H,4-5H2,1H3,(H,17,21)(H2,18,19,22). The molecule has 0 spiro atoms. The minimum atomic E-state index is -0.142. The summed E-state index contributed by atoms with van der Waals surface area (Å²) >= 11 is 0. The van der Waals surface area contributed by atoms with Crippen molar-refractivity contribution in [1.82, 2.24) is 19.7 Å². The third-order valence-corrected chi connectivity index (χ3v) is 3.23. The quantitative estimate of drug-likeness (QED) is 0.564. The lowest BCUT2D eigenvalue weighted by Crippen LogP contribution is -2.16. The summed E-state index contributed by atoms with van der Waals surface area (Å²) in [5.41, 5.74) is 1.43. The molecule has 22 heavy (non-hydrogen) atoms. The van der Waals surface area contributed by atoms with Crippen molar-refractivity contribution in [2.24, 2.45) is 7.05 Å². The maximum absolute atomic E-state index is 11.8. The van der Waals surface area contributed by atoms with Gasteiger partial charge >= 0.3 is 0 Å². The van der Waals surface area contributed by atoms with Gasteiger partial charge in [-0.05, 0) is 18.2 Å². The second-order valence-corrected chi connectivity index (χ2v) is 4.99. The molecule has 2 heterocycles. The molecule has 0 aliphatic heterocycles. The minimum absolute atomic E-state index is 0.109. The van der Waals surface area contributed by atoms with E-state index in [1.807, 2.05) is 19.2 Å². The average Bonchev–Trinajstić information content (AvgIpc) is 3.05. The Morgan fingerprint density at radius 2 is 2.23 bits per heavy atom. The zero-order valence-electron chi connectivity index (χ0n) is 12.0. The van der Waals surface area contributed by atoms with Gasteiger partial charge in [0.2, 0.25) is 5.91 Å². The van der Waals surface area contributed by atoms with E-state index in [9.17, 15) is 9.59 Å². The number of carbonyl (C=O) groups excluding carboxylic acids is 1. The van der Waals surface area contributed by atoms with Gasteiger partial charge in [0.1, 0.15) is 0 Å². The van der Waals surface area contributed by atoms with Gasteiger partial charge in [0, 0.05) is 31.9 Å². The molecule has 1 amide bonds. The van der Waals surface area contributed by atoms with Crippen LogP contribution in [0.2, 0.25) is 0 Å². The van der Waals surface area contributed by atoms with Gasteiger partial charge in [-0.2, -0.15) is 0 Å². The van der Waals surface area contributed by atoms with Crippen LogP contribution in [-0.4, -0.2) is 32.2 Å². The maximum Gasteiger partial charge on any atom is 0.271 e. The van der Waals surface area contributed by atoms with Crippen LogP contribution in [-0.2, 0) is 11.8 Å². The molecule has 0 aliphatic rings. The second kappa shape index (κ2) is 5.76. The summed E-state index contributed by atoms with van der Waals surface area (Å²) in [6.07, 6.45) is 3.68. The highest BCUT2D eigenvalue weighted by Gasteiger charge is 2.05. The summed E-state index contributed by atoms with van der Waals surface area (Å²) in [6.45, 7) is 0.485. The Bertz CT molecular complexity index is 859. The number of aromatic amines is 2. The zero-order chi connectivity index (χ0) is 15.5. The van der Waals surface area contributed by atoms with Crippen molar-refractivity contribution < 1.29 is 4.79 Å². The zero-order valence-corrected chi connectivity index (χ0v) is 12.0. The summed E-state index contributed by atoms with van der Waals surface area (Å²) in [7, 11) is 1.84. The number of rotatable bonds is 5. The van der Waals surface area contributed by atoms with Gasteiger partial charge in [-0.1, -0.05) is 0 Å². The van der Waals surface area contributed by atoms with Gasteiger partial charge < -0.3 is 15.2 Å². The van der Waals surface area contributed by atoms with Crippen LogP contribution in [0, 0.1) is 0 Å². The molecule has 0 radical (unpaired) electrons. The first-order chi connectivity index (χ1) is 10.6. The average molecular weight is 300 g/mol. The number of nitrogens with zero attached hydrogens (tertiary/aromatic N) is 2. The van der Waals surface area contributed by atoms with Gasteiger partial charge in [0.25, 0.3) is 5.56 Å². The number of fused-ring (bicyclic) bond motifs is 1. The van der Waals surface area contributed by atoms with Crippen LogP contribution in [0.4, 0.5) is 11.5 Å². The fourth-order valence-corrected chi connectivity index (χ4v) is 2.15. The molecule has 0 saturated carbocycles. The molecular weight excluding hydrogens is 284 g/mol. The fourth-order valence-electron chi connectivity index (χ4n) is 2.15. The summed E-state index contributed by atoms with van der Waals surface area (Å²) in [4.78, 5) is 27.2. The lowest BCUT2D eigenvalue weighted by Gasteiger charge is -2.06. The van der Waals surface area contributed by atoms with Crippen molar-refractivity contribution in [3.8, 4) is 0 Å². The molecule has 0 saturated heterocycles. The third-order valence-electron chi connectivity index (χ3n) is 3.23. The smallest absolute Gasteiger partial charge is 0.271 e. The number of benzene rings is 1. The van der Waals surface area contributed by atoms with Crippen LogP contribution in [0.1, 0.15) is 6.42 Å². The molecule has 3 rings (SSSR count). The highest BCUT2D eigenvalue weighted by atomic mass is 16.1. The molecule has 0 aliphatic carbocycles. The van der Waals surface area contributed by atoms with E-state index in [-0.39, 0.29) is 11.5 Å². The second-order valence-electron chi connectivity index (χ2n) is 4.99. The van der Waals surface area contributed by atoms with Crippen molar-refractivity contribution in [2.45, 2.75) is 6.42 Å². The lowest BCUT2D eigenvalue weighted by atomic mass is 10.2. The highest BCUT2D eigenvalue weighted by molar-refractivity contribution is 5.90. The van der Waals surface area contributed by atoms with E-state index >= 15 is 0 Å². The number of aromatic nitrogens is 4.